The van der Waals surface area contributed by atoms with Crippen LogP contribution in [0.4, 0.5) is 15.6 Å². The molecule has 0 fully saturated rings. The van der Waals surface area contributed by atoms with Gasteiger partial charge in [-0.1, -0.05) is 36.8 Å². The standard InChI is InChI=1S/C21H28N4O3S/c1-3-5-6-15-7-9-16(10-8-15)22-19(26)14-25-12-11-17-18(13-25)29-20(23-17)24-21(27)28-4-2/h7-10H,3-6,11-14H2,1-2H3,(H,22,26)(H,23,24,27). The van der Waals surface area contributed by atoms with Gasteiger partial charge in [-0.3, -0.25) is 15.0 Å². The van der Waals surface area contributed by atoms with E-state index in [0.717, 1.165) is 35.6 Å². The lowest BCUT2D eigenvalue weighted by atomic mass is 10.1. The van der Waals surface area contributed by atoms with Gasteiger partial charge in [0, 0.05) is 30.1 Å². The maximum Gasteiger partial charge on any atom is 0.413 e. The number of anilines is 2. The molecule has 1 aromatic carbocycles. The second-order valence-electron chi connectivity index (χ2n) is 7.04. The second-order valence-corrected chi connectivity index (χ2v) is 8.13. The number of hydrogen-bond acceptors (Lipinski definition) is 6. The molecule has 1 aliphatic rings. The Hall–Kier alpha value is -2.45. The number of nitrogens with one attached hydrogen (secondary N) is 2. The molecule has 0 bridgehead atoms. The van der Waals surface area contributed by atoms with E-state index in [1.54, 1.807) is 6.92 Å². The van der Waals surface area contributed by atoms with Gasteiger partial charge in [-0.25, -0.2) is 9.78 Å². The zero-order chi connectivity index (χ0) is 20.6. The third-order valence-electron chi connectivity index (χ3n) is 4.72. The summed E-state index contributed by atoms with van der Waals surface area (Å²) in [6, 6.07) is 8.09. The van der Waals surface area contributed by atoms with Gasteiger partial charge in [0.1, 0.15) is 0 Å². The monoisotopic (exact) mass is 416 g/mol. The SMILES string of the molecule is CCCCc1ccc(NC(=O)CN2CCc3nc(NC(=O)OCC)sc3C2)cc1. The lowest BCUT2D eigenvalue weighted by Crippen LogP contribution is -2.36. The first-order valence-corrected chi connectivity index (χ1v) is 10.9. The summed E-state index contributed by atoms with van der Waals surface area (Å²) in [5, 5.41) is 6.17. The van der Waals surface area contributed by atoms with Gasteiger partial charge in [0.15, 0.2) is 5.13 Å². The Balaban J connectivity index is 1.49. The molecule has 0 saturated heterocycles. The minimum absolute atomic E-state index is 0.0239. The molecular weight excluding hydrogens is 388 g/mol. The van der Waals surface area contributed by atoms with Gasteiger partial charge >= 0.3 is 6.09 Å². The average molecular weight is 417 g/mol. The Kier molecular flexibility index (Phi) is 7.60. The number of carbonyl (C=O) groups is 2. The molecule has 7 nitrogen and oxygen atoms in total. The molecule has 0 radical (unpaired) electrons. The van der Waals surface area contributed by atoms with E-state index >= 15 is 0 Å². The van der Waals surface area contributed by atoms with E-state index in [-0.39, 0.29) is 5.91 Å². The number of thiazole rings is 1. The molecule has 0 aliphatic carbocycles. The van der Waals surface area contributed by atoms with Gasteiger partial charge in [-0.2, -0.15) is 0 Å². The summed E-state index contributed by atoms with van der Waals surface area (Å²) in [6.45, 7) is 6.01. The maximum absolute atomic E-state index is 12.4. The topological polar surface area (TPSA) is 83.6 Å². The first-order chi connectivity index (χ1) is 14.1. The fraction of sp³-hybridized carbons (Fsp3) is 0.476. The van der Waals surface area contributed by atoms with Gasteiger partial charge in [0.25, 0.3) is 0 Å². The number of carbonyl (C=O) groups excluding carboxylic acids is 2. The molecular formula is C21H28N4O3S. The van der Waals surface area contributed by atoms with E-state index in [4.69, 9.17) is 4.74 Å². The maximum atomic E-state index is 12.4. The summed E-state index contributed by atoms with van der Waals surface area (Å²) < 4.78 is 4.89. The number of ether oxygens (including phenoxy) is 1. The van der Waals surface area contributed by atoms with Crippen molar-refractivity contribution in [2.24, 2.45) is 0 Å². The first kappa shape index (κ1) is 21.3. The molecule has 1 aromatic heterocycles. The molecule has 2 amide bonds. The molecule has 0 saturated carbocycles. The summed E-state index contributed by atoms with van der Waals surface area (Å²) >= 11 is 1.44. The number of aryl methyl sites for hydroxylation is 1. The van der Waals surface area contributed by atoms with E-state index in [1.165, 1.54) is 29.7 Å². The zero-order valence-electron chi connectivity index (χ0n) is 17.0. The van der Waals surface area contributed by atoms with Crippen LogP contribution in [0.15, 0.2) is 24.3 Å². The van der Waals surface area contributed by atoms with Crippen molar-refractivity contribution in [3.63, 3.8) is 0 Å². The van der Waals surface area contributed by atoms with Crippen LogP contribution in [0.1, 0.15) is 42.8 Å². The fourth-order valence-electron chi connectivity index (χ4n) is 3.23. The zero-order valence-corrected chi connectivity index (χ0v) is 17.8. The number of benzene rings is 1. The molecule has 29 heavy (non-hydrogen) atoms. The first-order valence-electron chi connectivity index (χ1n) is 10.1. The predicted molar refractivity (Wildman–Crippen MR) is 115 cm³/mol. The third kappa shape index (κ3) is 6.27. The van der Waals surface area contributed by atoms with Crippen LogP contribution in [0.2, 0.25) is 0 Å². The highest BCUT2D eigenvalue weighted by Crippen LogP contribution is 2.28. The number of aromatic nitrogens is 1. The number of rotatable bonds is 8. The molecule has 2 N–H and O–H groups in total. The number of nitrogens with zero attached hydrogens (tertiary/aromatic N) is 2. The van der Waals surface area contributed by atoms with Crippen LogP contribution >= 0.6 is 11.3 Å². The van der Waals surface area contributed by atoms with Crippen molar-refractivity contribution in [1.29, 1.82) is 0 Å². The smallest absolute Gasteiger partial charge is 0.413 e. The van der Waals surface area contributed by atoms with E-state index < -0.39 is 6.09 Å². The van der Waals surface area contributed by atoms with Gasteiger partial charge in [-0.15, -0.1) is 0 Å². The minimum atomic E-state index is -0.490. The number of unbranched alkanes of at least 4 members (excludes halogenated alkanes) is 1. The Bertz CT molecular complexity index is 835. The largest absolute Gasteiger partial charge is 0.450 e. The summed E-state index contributed by atoms with van der Waals surface area (Å²) in [7, 11) is 0. The van der Waals surface area contributed by atoms with Crippen molar-refractivity contribution in [3.05, 3.63) is 40.4 Å². The highest BCUT2D eigenvalue weighted by atomic mass is 32.1. The van der Waals surface area contributed by atoms with Gasteiger partial charge in [0.05, 0.1) is 18.8 Å². The summed E-state index contributed by atoms with van der Waals surface area (Å²) in [5.74, 6) is -0.0239. The van der Waals surface area contributed by atoms with Gasteiger partial charge in [-0.05, 0) is 37.5 Å². The van der Waals surface area contributed by atoms with E-state index in [9.17, 15) is 9.59 Å². The van der Waals surface area contributed by atoms with Crippen LogP contribution in [-0.4, -0.2) is 41.6 Å². The van der Waals surface area contributed by atoms with Crippen LogP contribution in [0, 0.1) is 0 Å². The predicted octanol–water partition coefficient (Wildman–Crippen LogP) is 4.05. The normalized spacial score (nSPS) is 13.6. The lowest BCUT2D eigenvalue weighted by Gasteiger charge is -2.25. The molecule has 2 aromatic rings. The number of fused-ring (bicyclic) bond motifs is 1. The molecule has 0 spiro atoms. The Labute approximate surface area is 175 Å². The van der Waals surface area contributed by atoms with Crippen LogP contribution in [0.3, 0.4) is 0 Å². The molecule has 2 heterocycles. The third-order valence-corrected chi connectivity index (χ3v) is 5.72. The van der Waals surface area contributed by atoms with Crippen LogP contribution in [-0.2, 0) is 28.9 Å². The second kappa shape index (κ2) is 10.4. The van der Waals surface area contributed by atoms with Crippen LogP contribution in [0.25, 0.3) is 0 Å². The molecule has 1 aliphatic heterocycles. The molecule has 3 rings (SSSR count). The van der Waals surface area contributed by atoms with Crippen molar-refractivity contribution in [2.45, 2.75) is 46.1 Å². The van der Waals surface area contributed by atoms with Crippen molar-refractivity contribution in [1.82, 2.24) is 9.88 Å². The molecule has 0 atom stereocenters. The lowest BCUT2D eigenvalue weighted by molar-refractivity contribution is -0.117. The van der Waals surface area contributed by atoms with Crippen molar-refractivity contribution >= 4 is 34.2 Å². The number of amides is 2. The highest BCUT2D eigenvalue weighted by molar-refractivity contribution is 7.15. The van der Waals surface area contributed by atoms with E-state index in [0.29, 0.717) is 24.8 Å². The Morgan fingerprint density at radius 1 is 1.21 bits per heavy atom. The van der Waals surface area contributed by atoms with Crippen molar-refractivity contribution in [3.8, 4) is 0 Å². The summed E-state index contributed by atoms with van der Waals surface area (Å²) in [4.78, 5) is 31.6. The fourth-order valence-corrected chi connectivity index (χ4v) is 4.27. The van der Waals surface area contributed by atoms with E-state index in [2.05, 4.69) is 39.6 Å². The summed E-state index contributed by atoms with van der Waals surface area (Å²) in [6.07, 6.45) is 3.70. The minimum Gasteiger partial charge on any atom is -0.450 e. The Morgan fingerprint density at radius 3 is 2.72 bits per heavy atom. The van der Waals surface area contributed by atoms with E-state index in [1.807, 2.05) is 12.1 Å². The quantitative estimate of drug-likeness (QED) is 0.678. The highest BCUT2D eigenvalue weighted by Gasteiger charge is 2.23. The number of hydrogen-bond donors (Lipinski definition) is 2. The molecule has 8 heteroatoms. The summed E-state index contributed by atoms with van der Waals surface area (Å²) in [5.41, 5.74) is 3.11. The van der Waals surface area contributed by atoms with Gasteiger partial charge < -0.3 is 10.1 Å². The van der Waals surface area contributed by atoms with Crippen LogP contribution < -0.4 is 10.6 Å². The van der Waals surface area contributed by atoms with Crippen molar-refractivity contribution < 1.29 is 14.3 Å². The van der Waals surface area contributed by atoms with Crippen molar-refractivity contribution in [2.75, 3.05) is 30.3 Å². The molecule has 156 valence electrons. The van der Waals surface area contributed by atoms with Gasteiger partial charge in [0.2, 0.25) is 5.91 Å². The Morgan fingerprint density at radius 2 is 2.00 bits per heavy atom. The average Bonchev–Trinajstić information content (AvgIpc) is 3.09. The molecule has 0 unspecified atom stereocenters. The van der Waals surface area contributed by atoms with Crippen LogP contribution in [0.5, 0.6) is 0 Å².